The minimum Gasteiger partial charge on any atom is -0.493 e. The van der Waals surface area contributed by atoms with Crippen molar-refractivity contribution in [1.29, 1.82) is 0 Å². The second-order valence-corrected chi connectivity index (χ2v) is 12.7. The number of alkyl halides is 5. The highest BCUT2D eigenvalue weighted by Gasteiger charge is 2.56. The highest BCUT2D eigenvalue weighted by molar-refractivity contribution is 8.01. The third-order valence-electron chi connectivity index (χ3n) is 5.87. The van der Waals surface area contributed by atoms with Crippen LogP contribution in [0, 0.1) is 13.8 Å². The fourth-order valence-electron chi connectivity index (χ4n) is 3.76. The van der Waals surface area contributed by atoms with Gasteiger partial charge in [0.2, 0.25) is 0 Å². The number of fused-ring (bicyclic) bond motifs is 2. The highest BCUT2D eigenvalue weighted by atomic mass is 32.2. The molecule has 0 aromatic heterocycles. The van der Waals surface area contributed by atoms with Crippen LogP contribution in [0.25, 0.3) is 5.69 Å². The summed E-state index contributed by atoms with van der Waals surface area (Å²) in [5, 5.41) is 0. The second-order valence-electron chi connectivity index (χ2n) is 8.44. The number of nitrogens with zero attached hydrogens (tertiary/aromatic N) is 2. The number of anilines is 1. The topological polar surface area (TPSA) is 90.3 Å². The first kappa shape index (κ1) is 27.6. The van der Waals surface area contributed by atoms with Crippen molar-refractivity contribution in [3.63, 3.8) is 0 Å². The molecule has 1 aromatic rings. The second kappa shape index (κ2) is 10.1. The molecular weight excluding hydrogens is 561 g/mol. The number of aromatic nitrogens is 2. The fraction of sp³-hybridized carbons (Fsp3) is 0.455. The Hall–Kier alpha value is -2.39. The van der Waals surface area contributed by atoms with Crippen LogP contribution in [-0.4, -0.2) is 42.4 Å². The van der Waals surface area contributed by atoms with E-state index in [0.717, 1.165) is 22.2 Å². The van der Waals surface area contributed by atoms with Crippen molar-refractivity contribution in [2.45, 2.75) is 60.7 Å². The molecule has 37 heavy (non-hydrogen) atoms. The van der Waals surface area contributed by atoms with Crippen LogP contribution in [0.3, 0.4) is 0 Å². The Kier molecular flexibility index (Phi) is 7.51. The molecule has 4 rings (SSSR count). The number of rotatable bonds is 9. The number of halogens is 5. The normalized spacial score (nSPS) is 14.1. The number of thioether (sulfide) groups is 1. The zero-order valence-corrected chi connectivity index (χ0v) is 22.1. The zero-order valence-electron chi connectivity index (χ0n) is 19.6. The van der Waals surface area contributed by atoms with Crippen LogP contribution in [0.5, 0.6) is 5.75 Å². The fourth-order valence-corrected chi connectivity index (χ4v) is 7.34. The van der Waals surface area contributed by atoms with Crippen molar-refractivity contribution >= 4 is 38.9 Å². The summed E-state index contributed by atoms with van der Waals surface area (Å²) in [6.07, 6.45) is -6.66. The molecule has 0 aliphatic carbocycles. The number of hydrogen-bond acceptors (Lipinski definition) is 7. The molecule has 0 bridgehead atoms. The van der Waals surface area contributed by atoms with Crippen LogP contribution in [-0.2, 0) is 16.4 Å². The van der Waals surface area contributed by atoms with Crippen LogP contribution >= 0.6 is 23.1 Å². The van der Waals surface area contributed by atoms with E-state index in [1.165, 1.54) is 28.0 Å². The van der Waals surface area contributed by atoms with E-state index in [0.29, 0.717) is 28.7 Å². The van der Waals surface area contributed by atoms with E-state index >= 15 is 0 Å². The molecule has 0 radical (unpaired) electrons. The van der Waals surface area contributed by atoms with Crippen molar-refractivity contribution in [3.05, 3.63) is 44.8 Å². The first-order valence-electron chi connectivity index (χ1n) is 11.1. The number of hydrogen-bond donors (Lipinski definition) is 1. The van der Waals surface area contributed by atoms with Crippen molar-refractivity contribution in [2.24, 2.45) is 0 Å². The molecule has 7 nitrogen and oxygen atoms in total. The van der Waals surface area contributed by atoms with Gasteiger partial charge in [-0.05, 0) is 56.2 Å². The maximum atomic E-state index is 13.2. The summed E-state index contributed by atoms with van der Waals surface area (Å²) in [6, 6.07) is 4.43. The third kappa shape index (κ3) is 5.58. The summed E-state index contributed by atoms with van der Waals surface area (Å²) in [5.74, 6) is -4.16. The molecule has 0 saturated carbocycles. The van der Waals surface area contributed by atoms with Gasteiger partial charge in [0, 0.05) is 23.4 Å². The monoisotopic (exact) mass is 583 g/mol. The van der Waals surface area contributed by atoms with Gasteiger partial charge >= 0.3 is 17.8 Å². The van der Waals surface area contributed by atoms with E-state index < -0.39 is 34.2 Å². The lowest BCUT2D eigenvalue weighted by atomic mass is 10.1. The van der Waals surface area contributed by atoms with E-state index in [-0.39, 0.29) is 35.0 Å². The Labute approximate surface area is 217 Å². The van der Waals surface area contributed by atoms with Crippen molar-refractivity contribution in [3.8, 4) is 11.4 Å². The first-order chi connectivity index (χ1) is 17.2. The molecule has 0 amide bonds. The van der Waals surface area contributed by atoms with Crippen molar-refractivity contribution in [2.75, 3.05) is 17.1 Å². The van der Waals surface area contributed by atoms with Crippen LogP contribution in [0.15, 0.2) is 32.1 Å². The van der Waals surface area contributed by atoms with Gasteiger partial charge in [-0.15, -0.1) is 23.1 Å². The average molecular weight is 584 g/mol. The van der Waals surface area contributed by atoms with E-state index in [4.69, 9.17) is 4.74 Å². The van der Waals surface area contributed by atoms with Crippen LogP contribution in [0.4, 0.5) is 27.8 Å². The Morgan fingerprint density at radius 2 is 1.92 bits per heavy atom. The summed E-state index contributed by atoms with van der Waals surface area (Å²) >= 11 is 2.39. The number of nitrogens with one attached hydrogen (secondary N) is 1. The molecule has 1 aromatic carbocycles. The summed E-state index contributed by atoms with van der Waals surface area (Å²) in [5.41, 5.74) is 0.793. The van der Waals surface area contributed by atoms with Gasteiger partial charge in [0.1, 0.15) is 11.4 Å². The predicted molar refractivity (Wildman–Crippen MR) is 130 cm³/mol. The molecular formula is C22H22F5N3O4S3. The predicted octanol–water partition coefficient (Wildman–Crippen LogP) is 5.54. The van der Waals surface area contributed by atoms with Crippen LogP contribution in [0.2, 0.25) is 0 Å². The lowest BCUT2D eigenvalue weighted by Crippen LogP contribution is -2.36. The Morgan fingerprint density at radius 1 is 1.19 bits per heavy atom. The Morgan fingerprint density at radius 3 is 2.62 bits per heavy atom. The molecule has 0 saturated heterocycles. The molecule has 0 unspecified atom stereocenters. The molecule has 1 N–H and O–H groups in total. The SMILES string of the molecule is Cc1sc(SCCCCC(F)(F)C(F)(F)F)c2c(NS(=O)(=O)c3ccc4c(c3)CCO4)nc(=O)n-2c1C. The minimum atomic E-state index is -5.59. The van der Waals surface area contributed by atoms with Gasteiger partial charge in [0.05, 0.1) is 15.7 Å². The van der Waals surface area contributed by atoms with E-state index in [1.807, 2.05) is 0 Å². The molecule has 3 heterocycles. The summed E-state index contributed by atoms with van der Waals surface area (Å²) < 4.78 is 99.2. The van der Waals surface area contributed by atoms with Gasteiger partial charge < -0.3 is 4.74 Å². The van der Waals surface area contributed by atoms with Crippen molar-refractivity contribution < 1.29 is 35.1 Å². The maximum Gasteiger partial charge on any atom is 0.453 e. The first-order valence-corrected chi connectivity index (χ1v) is 14.4. The summed E-state index contributed by atoms with van der Waals surface area (Å²) in [4.78, 5) is 17.3. The van der Waals surface area contributed by atoms with Gasteiger partial charge in [-0.25, -0.2) is 13.2 Å². The van der Waals surface area contributed by atoms with Gasteiger partial charge in [-0.2, -0.15) is 26.9 Å². The highest BCUT2D eigenvalue weighted by Crippen LogP contribution is 2.41. The molecule has 3 aliphatic rings. The van der Waals surface area contributed by atoms with Crippen molar-refractivity contribution in [1.82, 2.24) is 9.55 Å². The molecule has 3 aliphatic heterocycles. The Balaban J connectivity index is 1.57. The quantitative estimate of drug-likeness (QED) is 0.202. The molecule has 0 fully saturated rings. The molecule has 15 heteroatoms. The number of benzene rings is 1. The Bertz CT molecular complexity index is 1450. The average Bonchev–Trinajstić information content (AvgIpc) is 3.39. The smallest absolute Gasteiger partial charge is 0.453 e. The maximum absolute atomic E-state index is 13.2. The number of aryl methyl sites for hydroxylation is 1. The van der Waals surface area contributed by atoms with Gasteiger partial charge in [-0.3, -0.25) is 9.29 Å². The number of imidazole rings is 1. The summed E-state index contributed by atoms with van der Waals surface area (Å²) in [6.45, 7) is 3.88. The third-order valence-corrected chi connectivity index (χ3v) is 9.73. The van der Waals surface area contributed by atoms with Crippen LogP contribution < -0.4 is 15.1 Å². The van der Waals surface area contributed by atoms with Gasteiger partial charge in [0.25, 0.3) is 10.0 Å². The number of unbranched alkanes of at least 4 members (excludes halogenated alkanes) is 1. The zero-order chi connectivity index (χ0) is 27.2. The van der Waals surface area contributed by atoms with E-state index in [9.17, 15) is 35.2 Å². The number of ether oxygens (including phenoxy) is 1. The molecule has 0 spiro atoms. The van der Waals surface area contributed by atoms with Crippen LogP contribution in [0.1, 0.15) is 35.4 Å². The molecule has 202 valence electrons. The lowest BCUT2D eigenvalue weighted by molar-refractivity contribution is -0.284. The largest absolute Gasteiger partial charge is 0.493 e. The van der Waals surface area contributed by atoms with Gasteiger partial charge in [-0.1, -0.05) is 0 Å². The number of sulfonamides is 1. The molecule has 0 atom stereocenters. The van der Waals surface area contributed by atoms with E-state index in [2.05, 4.69) is 9.71 Å². The van der Waals surface area contributed by atoms with E-state index in [1.54, 1.807) is 19.9 Å². The minimum absolute atomic E-state index is 0.0300. The summed E-state index contributed by atoms with van der Waals surface area (Å²) in [7, 11) is -4.13. The standard InChI is InChI=1S/C22H22F5N3O4S3/c1-12-13(2)36-19(35-10-4-3-8-21(23,24)22(25,26)27)17-18(28-20(31)30(12)17)29-37(32,33)15-5-6-16-14(11-15)7-9-34-16/h5-6,11H,3-4,7-10H2,1-2H3,(H,28,29,31). The van der Waals surface area contributed by atoms with Gasteiger partial charge in [0.15, 0.2) is 5.82 Å². The lowest BCUT2D eigenvalue weighted by Gasteiger charge is -2.19.